The molecule has 2 unspecified atom stereocenters. The average Bonchev–Trinajstić information content (AvgIpc) is 2.77. The molecule has 1 aliphatic heterocycles. The maximum absolute atomic E-state index is 11.1. The molecule has 1 aromatic rings. The fraction of sp³-hybridized carbons (Fsp3) is 0.769. The van der Waals surface area contributed by atoms with Crippen LogP contribution in [0.1, 0.15) is 38.9 Å². The number of ether oxygens (including phenoxy) is 1. The van der Waals surface area contributed by atoms with E-state index < -0.39 is 5.60 Å². The summed E-state index contributed by atoms with van der Waals surface area (Å²) in [5, 5.41) is 18.7. The van der Waals surface area contributed by atoms with Crippen LogP contribution in [0.2, 0.25) is 0 Å². The summed E-state index contributed by atoms with van der Waals surface area (Å²) in [5.41, 5.74) is -0.0498. The van der Waals surface area contributed by atoms with Crippen LogP contribution >= 0.6 is 0 Å². The van der Waals surface area contributed by atoms with E-state index in [2.05, 4.69) is 31.2 Å². The van der Waals surface area contributed by atoms with Gasteiger partial charge in [-0.2, -0.15) is 5.10 Å². The van der Waals surface area contributed by atoms with Gasteiger partial charge in [0.1, 0.15) is 11.3 Å². The van der Waals surface area contributed by atoms with Crippen LogP contribution in [0.4, 0.5) is 0 Å². The van der Waals surface area contributed by atoms with Crippen molar-refractivity contribution in [2.24, 2.45) is 5.92 Å². The van der Waals surface area contributed by atoms with Gasteiger partial charge in [-0.25, -0.2) is 0 Å². The fourth-order valence-corrected chi connectivity index (χ4v) is 2.66. The molecule has 5 heteroatoms. The van der Waals surface area contributed by atoms with E-state index in [9.17, 15) is 5.11 Å². The van der Waals surface area contributed by atoms with Gasteiger partial charge in [0, 0.05) is 18.5 Å². The van der Waals surface area contributed by atoms with Gasteiger partial charge in [0.05, 0.1) is 13.3 Å². The lowest BCUT2D eigenvalue weighted by atomic mass is 9.80. The maximum Gasteiger partial charge on any atom is 0.162 e. The zero-order chi connectivity index (χ0) is 13.3. The van der Waals surface area contributed by atoms with Gasteiger partial charge >= 0.3 is 0 Å². The molecule has 1 aromatic heterocycles. The molecule has 0 spiro atoms. The lowest BCUT2D eigenvalue weighted by molar-refractivity contribution is -0.0488. The Labute approximate surface area is 108 Å². The third-order valence-electron chi connectivity index (χ3n) is 3.83. The van der Waals surface area contributed by atoms with Crippen LogP contribution in [0.3, 0.4) is 0 Å². The predicted molar refractivity (Wildman–Crippen MR) is 69.7 cm³/mol. The Morgan fingerprint density at radius 3 is 2.89 bits per heavy atom. The van der Waals surface area contributed by atoms with Gasteiger partial charge in [0.25, 0.3) is 0 Å². The Morgan fingerprint density at radius 1 is 1.61 bits per heavy atom. The van der Waals surface area contributed by atoms with E-state index in [-0.39, 0.29) is 12.0 Å². The molecule has 1 saturated heterocycles. The minimum absolute atomic E-state index is 0.134. The lowest BCUT2D eigenvalue weighted by Gasteiger charge is -2.39. The quantitative estimate of drug-likeness (QED) is 0.852. The molecule has 5 nitrogen and oxygen atoms in total. The van der Waals surface area contributed by atoms with Crippen molar-refractivity contribution in [2.75, 3.05) is 20.2 Å². The Kier molecular flexibility index (Phi) is 3.64. The van der Waals surface area contributed by atoms with E-state index in [1.54, 1.807) is 13.3 Å². The number of nitrogens with zero attached hydrogens (tertiary/aromatic N) is 2. The molecule has 1 aliphatic rings. The molecule has 0 radical (unpaired) electrons. The molecule has 0 bridgehead atoms. The molecule has 102 valence electrons. The molecule has 1 fully saturated rings. The first-order valence-electron chi connectivity index (χ1n) is 6.55. The highest BCUT2D eigenvalue weighted by Crippen LogP contribution is 2.40. The van der Waals surface area contributed by atoms with Crippen LogP contribution in [-0.4, -0.2) is 35.1 Å². The first-order chi connectivity index (χ1) is 8.50. The number of hydrogen-bond acceptors (Lipinski definition) is 4. The highest BCUT2D eigenvalue weighted by Gasteiger charge is 2.43. The van der Waals surface area contributed by atoms with Crippen LogP contribution in [0, 0.1) is 5.92 Å². The summed E-state index contributed by atoms with van der Waals surface area (Å²) in [7, 11) is 1.63. The summed E-state index contributed by atoms with van der Waals surface area (Å²) in [6.07, 6.45) is 2.38. The smallest absolute Gasteiger partial charge is 0.162 e. The largest absolute Gasteiger partial charge is 0.493 e. The number of methoxy groups -OCH3 is 1. The van der Waals surface area contributed by atoms with Gasteiger partial charge in [0.15, 0.2) is 5.75 Å². The van der Waals surface area contributed by atoms with Gasteiger partial charge in [-0.3, -0.25) is 4.68 Å². The van der Waals surface area contributed by atoms with E-state index in [0.717, 1.165) is 18.8 Å². The second kappa shape index (κ2) is 4.90. The number of piperidine rings is 1. The number of aliphatic hydroxyl groups is 1. The van der Waals surface area contributed by atoms with Crippen LogP contribution in [0.5, 0.6) is 5.75 Å². The number of nitrogens with one attached hydrogen (secondary N) is 1. The summed E-state index contributed by atoms with van der Waals surface area (Å²) in [6.45, 7) is 7.80. The highest BCUT2D eigenvalue weighted by atomic mass is 16.5. The Morgan fingerprint density at radius 2 is 2.33 bits per heavy atom. The number of hydrogen-bond donors (Lipinski definition) is 2. The molecule has 0 amide bonds. The maximum atomic E-state index is 11.1. The van der Waals surface area contributed by atoms with E-state index in [1.165, 1.54) is 0 Å². The summed E-state index contributed by atoms with van der Waals surface area (Å²) in [5.74, 6) is 0.814. The topological polar surface area (TPSA) is 59.3 Å². The van der Waals surface area contributed by atoms with Gasteiger partial charge < -0.3 is 15.2 Å². The summed E-state index contributed by atoms with van der Waals surface area (Å²) in [4.78, 5) is 0. The van der Waals surface area contributed by atoms with Crippen molar-refractivity contribution in [3.63, 3.8) is 0 Å². The minimum atomic E-state index is -0.864. The summed E-state index contributed by atoms with van der Waals surface area (Å²) in [6, 6.07) is 0.204. The lowest BCUT2D eigenvalue weighted by Crippen LogP contribution is -2.48. The zero-order valence-electron chi connectivity index (χ0n) is 11.6. The molecule has 18 heavy (non-hydrogen) atoms. The van der Waals surface area contributed by atoms with Crippen molar-refractivity contribution in [3.8, 4) is 5.75 Å². The van der Waals surface area contributed by atoms with Gasteiger partial charge in [-0.05, 0) is 26.8 Å². The Balaban J connectivity index is 2.50. The Bertz CT molecular complexity index is 416. The highest BCUT2D eigenvalue weighted by molar-refractivity contribution is 5.32. The van der Waals surface area contributed by atoms with Crippen LogP contribution in [0.25, 0.3) is 0 Å². The van der Waals surface area contributed by atoms with Crippen molar-refractivity contribution in [3.05, 3.63) is 11.9 Å². The number of aromatic nitrogens is 2. The SMILES string of the molecule is COc1cnn(C(C)C)c1C1(O)CCNCC1C. The molecule has 2 rings (SSSR count). The van der Waals surface area contributed by atoms with E-state index in [4.69, 9.17) is 4.74 Å². The third-order valence-corrected chi connectivity index (χ3v) is 3.83. The van der Waals surface area contributed by atoms with Crippen LogP contribution in [-0.2, 0) is 5.60 Å². The van der Waals surface area contributed by atoms with Crippen molar-refractivity contribution in [1.29, 1.82) is 0 Å². The fourth-order valence-electron chi connectivity index (χ4n) is 2.66. The van der Waals surface area contributed by atoms with Gasteiger partial charge in [0.2, 0.25) is 0 Å². The van der Waals surface area contributed by atoms with Crippen molar-refractivity contribution in [2.45, 2.75) is 38.8 Å². The zero-order valence-corrected chi connectivity index (χ0v) is 11.6. The second-order valence-corrected chi connectivity index (χ2v) is 5.38. The monoisotopic (exact) mass is 253 g/mol. The molecule has 0 aromatic carbocycles. The molecule has 0 aliphatic carbocycles. The Hall–Kier alpha value is -1.07. The van der Waals surface area contributed by atoms with E-state index in [1.807, 2.05) is 4.68 Å². The molecule has 0 saturated carbocycles. The normalized spacial score (nSPS) is 28.7. The predicted octanol–water partition coefficient (Wildman–Crippen LogP) is 1.29. The first kappa shape index (κ1) is 13.4. The number of rotatable bonds is 3. The van der Waals surface area contributed by atoms with Crippen LogP contribution in [0.15, 0.2) is 6.20 Å². The van der Waals surface area contributed by atoms with Crippen molar-refractivity contribution in [1.82, 2.24) is 15.1 Å². The van der Waals surface area contributed by atoms with Gasteiger partial charge in [-0.1, -0.05) is 6.92 Å². The van der Waals surface area contributed by atoms with Crippen molar-refractivity contribution >= 4 is 0 Å². The summed E-state index contributed by atoms with van der Waals surface area (Å²) >= 11 is 0. The standard InChI is InChI=1S/C13H23N3O2/c1-9(2)16-12(11(18-4)8-15-16)13(17)5-6-14-7-10(13)3/h8-10,14,17H,5-7H2,1-4H3. The summed E-state index contributed by atoms with van der Waals surface area (Å²) < 4.78 is 7.25. The first-order valence-corrected chi connectivity index (χ1v) is 6.55. The molecule has 2 atom stereocenters. The molecule has 2 N–H and O–H groups in total. The van der Waals surface area contributed by atoms with Gasteiger partial charge in [-0.15, -0.1) is 0 Å². The second-order valence-electron chi connectivity index (χ2n) is 5.38. The van der Waals surface area contributed by atoms with Crippen molar-refractivity contribution < 1.29 is 9.84 Å². The molecular weight excluding hydrogens is 230 g/mol. The third kappa shape index (κ3) is 2.01. The van der Waals surface area contributed by atoms with Crippen LogP contribution < -0.4 is 10.1 Å². The van der Waals surface area contributed by atoms with E-state index >= 15 is 0 Å². The molecule has 2 heterocycles. The minimum Gasteiger partial charge on any atom is -0.493 e. The molecular formula is C13H23N3O2. The average molecular weight is 253 g/mol. The van der Waals surface area contributed by atoms with E-state index in [0.29, 0.717) is 12.2 Å².